The fourth-order valence-electron chi connectivity index (χ4n) is 6.00. The summed E-state index contributed by atoms with van der Waals surface area (Å²) in [6.45, 7) is 0. The lowest BCUT2D eigenvalue weighted by atomic mass is 10.00. The largest absolute Gasteiger partial charge is 0.307 e. The lowest BCUT2D eigenvalue weighted by molar-refractivity contribution is 1.17. The Morgan fingerprint density at radius 3 is 1.36 bits per heavy atom. The molecule has 0 saturated carbocycles. The fourth-order valence-corrected chi connectivity index (χ4v) is 6.00. The highest BCUT2D eigenvalue weighted by Crippen LogP contribution is 2.44. The Morgan fingerprint density at radius 1 is 0.385 bits per heavy atom. The van der Waals surface area contributed by atoms with Crippen LogP contribution < -0.4 is 0 Å². The first-order valence-corrected chi connectivity index (χ1v) is 13.2. The van der Waals surface area contributed by atoms with Gasteiger partial charge in [0.05, 0.1) is 28.1 Å². The van der Waals surface area contributed by atoms with Crippen molar-refractivity contribution in [3.05, 3.63) is 140 Å². The molecule has 3 nitrogen and oxygen atoms in total. The van der Waals surface area contributed by atoms with Crippen LogP contribution in [-0.2, 0) is 0 Å². The van der Waals surface area contributed by atoms with Crippen LogP contribution in [0.2, 0.25) is 0 Å². The van der Waals surface area contributed by atoms with Gasteiger partial charge in [-0.3, -0.25) is 9.97 Å². The average Bonchev–Trinajstić information content (AvgIpc) is 3.36. The molecule has 3 heterocycles. The summed E-state index contributed by atoms with van der Waals surface area (Å²) >= 11 is 0. The minimum atomic E-state index is 0.931. The number of benzene rings is 5. The highest BCUT2D eigenvalue weighted by atomic mass is 15.0. The van der Waals surface area contributed by atoms with Crippen LogP contribution in [-0.4, -0.2) is 14.5 Å². The number of hydrogen-bond acceptors (Lipinski definition) is 2. The molecule has 0 fully saturated rings. The van der Waals surface area contributed by atoms with Gasteiger partial charge in [0, 0.05) is 45.1 Å². The van der Waals surface area contributed by atoms with E-state index in [9.17, 15) is 0 Å². The van der Waals surface area contributed by atoms with E-state index >= 15 is 0 Å². The molecule has 39 heavy (non-hydrogen) atoms. The Labute approximate surface area is 225 Å². The van der Waals surface area contributed by atoms with Gasteiger partial charge in [-0.05, 0) is 35.0 Å². The van der Waals surface area contributed by atoms with Gasteiger partial charge in [0.1, 0.15) is 0 Å². The molecule has 182 valence electrons. The van der Waals surface area contributed by atoms with E-state index in [2.05, 4.69) is 120 Å². The van der Waals surface area contributed by atoms with E-state index in [0.29, 0.717) is 0 Å². The molecule has 3 aromatic heterocycles. The zero-order chi connectivity index (χ0) is 25.8. The molecule has 0 saturated heterocycles. The van der Waals surface area contributed by atoms with Gasteiger partial charge in [-0.1, -0.05) is 103 Å². The van der Waals surface area contributed by atoms with Crippen molar-refractivity contribution >= 4 is 43.4 Å². The van der Waals surface area contributed by atoms with Crippen LogP contribution in [0.1, 0.15) is 0 Å². The van der Waals surface area contributed by atoms with E-state index in [1.54, 1.807) is 0 Å². The Balaban J connectivity index is 1.67. The molecule has 0 aliphatic rings. The summed E-state index contributed by atoms with van der Waals surface area (Å²) in [5.41, 5.74) is 7.47. The molecule has 0 aliphatic heterocycles. The first kappa shape index (κ1) is 21.8. The van der Waals surface area contributed by atoms with Gasteiger partial charge >= 0.3 is 0 Å². The number of pyridine rings is 2. The van der Waals surface area contributed by atoms with Crippen molar-refractivity contribution < 1.29 is 0 Å². The van der Waals surface area contributed by atoms with Crippen LogP contribution in [0.4, 0.5) is 0 Å². The maximum atomic E-state index is 4.81. The van der Waals surface area contributed by atoms with Crippen molar-refractivity contribution in [1.82, 2.24) is 14.5 Å². The molecule has 0 radical (unpaired) electrons. The summed E-state index contributed by atoms with van der Waals surface area (Å²) in [7, 11) is 0. The van der Waals surface area contributed by atoms with Crippen molar-refractivity contribution in [1.29, 1.82) is 0 Å². The van der Waals surface area contributed by atoms with E-state index in [1.165, 1.54) is 43.4 Å². The average molecular weight is 498 g/mol. The second kappa shape index (κ2) is 8.64. The lowest BCUT2D eigenvalue weighted by Gasteiger charge is -2.19. The van der Waals surface area contributed by atoms with Crippen molar-refractivity contribution in [2.75, 3.05) is 0 Å². The van der Waals surface area contributed by atoms with Gasteiger partial charge in [-0.25, -0.2) is 0 Å². The molecule has 0 N–H and O–H groups in total. The molecule has 3 heteroatoms. The Kier molecular flexibility index (Phi) is 4.82. The number of nitrogens with zero attached hydrogens (tertiary/aromatic N) is 3. The number of rotatable bonds is 3. The summed E-state index contributed by atoms with van der Waals surface area (Å²) in [5.74, 6) is 0. The molecule has 5 aromatic carbocycles. The smallest absolute Gasteiger partial charge is 0.0723 e. The Hall–Kier alpha value is -5.28. The minimum Gasteiger partial charge on any atom is -0.307 e. The lowest BCUT2D eigenvalue weighted by Crippen LogP contribution is -2.02. The number of fused-ring (bicyclic) bond motifs is 7. The third-order valence-corrected chi connectivity index (χ3v) is 7.68. The number of aromatic nitrogens is 3. The highest BCUT2D eigenvalue weighted by molar-refractivity contribution is 6.24. The molecule has 0 bridgehead atoms. The fraction of sp³-hybridized carbons (Fsp3) is 0. The van der Waals surface area contributed by atoms with Gasteiger partial charge in [0.25, 0.3) is 0 Å². The third kappa shape index (κ3) is 3.30. The zero-order valence-corrected chi connectivity index (χ0v) is 21.1. The predicted octanol–water partition coefficient (Wildman–Crippen LogP) is 9.21. The Bertz CT molecular complexity index is 2010. The maximum absolute atomic E-state index is 4.81. The first-order chi connectivity index (χ1) is 19.4. The van der Waals surface area contributed by atoms with Gasteiger partial charge < -0.3 is 4.57 Å². The van der Waals surface area contributed by atoms with Gasteiger partial charge in [0.15, 0.2) is 0 Å². The van der Waals surface area contributed by atoms with E-state index in [4.69, 9.17) is 9.97 Å². The Morgan fingerprint density at radius 2 is 0.872 bits per heavy atom. The monoisotopic (exact) mass is 497 g/mol. The van der Waals surface area contributed by atoms with Crippen LogP contribution in [0.15, 0.2) is 140 Å². The normalized spacial score (nSPS) is 11.6. The van der Waals surface area contributed by atoms with Gasteiger partial charge in [-0.2, -0.15) is 0 Å². The maximum Gasteiger partial charge on any atom is 0.0723 e. The van der Waals surface area contributed by atoms with Crippen molar-refractivity contribution in [2.24, 2.45) is 0 Å². The van der Waals surface area contributed by atoms with E-state index in [0.717, 1.165) is 28.2 Å². The first-order valence-electron chi connectivity index (χ1n) is 13.2. The minimum absolute atomic E-state index is 0.931. The second-order valence-electron chi connectivity index (χ2n) is 9.83. The predicted molar refractivity (Wildman–Crippen MR) is 162 cm³/mol. The molecular formula is C36H23N3. The van der Waals surface area contributed by atoms with E-state index < -0.39 is 0 Å². The molecule has 8 rings (SSSR count). The quantitative estimate of drug-likeness (QED) is 0.244. The SMILES string of the molecule is c1ccc(-c2cccc(-c3ccccn3)c2-n2c3c4ccccc4ccc3c3ccc4ccccc4c32)nc1. The second-order valence-corrected chi connectivity index (χ2v) is 9.83. The van der Waals surface area contributed by atoms with Crippen LogP contribution >= 0.6 is 0 Å². The molecule has 0 amide bonds. The standard InChI is InChI=1S/C36H23N3/c1-3-12-26-24(10-1)18-20-28-29-21-19-25-11-2-4-13-27(25)35(29)39(34(26)28)36-30(32-16-5-7-22-37-32)14-9-15-31(36)33-17-6-8-23-38-33/h1-23H. The number of para-hydroxylation sites is 1. The van der Waals surface area contributed by atoms with Crippen LogP contribution in [0.3, 0.4) is 0 Å². The summed E-state index contributed by atoms with van der Waals surface area (Å²) in [5, 5.41) is 7.34. The van der Waals surface area contributed by atoms with Crippen LogP contribution in [0.25, 0.3) is 71.6 Å². The van der Waals surface area contributed by atoms with E-state index in [1.807, 2.05) is 24.5 Å². The summed E-state index contributed by atoms with van der Waals surface area (Å²) in [6.07, 6.45) is 3.73. The van der Waals surface area contributed by atoms with Gasteiger partial charge in [-0.15, -0.1) is 0 Å². The number of hydrogen-bond donors (Lipinski definition) is 0. The molecular weight excluding hydrogens is 474 g/mol. The zero-order valence-electron chi connectivity index (χ0n) is 21.1. The highest BCUT2D eigenvalue weighted by Gasteiger charge is 2.23. The summed E-state index contributed by atoms with van der Waals surface area (Å²) in [4.78, 5) is 9.61. The summed E-state index contributed by atoms with van der Waals surface area (Å²) in [6, 6.07) is 45.0. The molecule has 0 unspecified atom stereocenters. The van der Waals surface area contributed by atoms with Crippen molar-refractivity contribution in [3.8, 4) is 28.2 Å². The van der Waals surface area contributed by atoms with Crippen molar-refractivity contribution in [3.63, 3.8) is 0 Å². The summed E-state index contributed by atoms with van der Waals surface area (Å²) < 4.78 is 2.48. The topological polar surface area (TPSA) is 30.7 Å². The van der Waals surface area contributed by atoms with Crippen LogP contribution in [0.5, 0.6) is 0 Å². The van der Waals surface area contributed by atoms with E-state index in [-0.39, 0.29) is 0 Å². The molecule has 0 spiro atoms. The molecule has 0 atom stereocenters. The third-order valence-electron chi connectivity index (χ3n) is 7.68. The van der Waals surface area contributed by atoms with Crippen molar-refractivity contribution in [2.45, 2.75) is 0 Å². The molecule has 8 aromatic rings. The van der Waals surface area contributed by atoms with Crippen LogP contribution in [0, 0.1) is 0 Å². The molecule has 0 aliphatic carbocycles. The van der Waals surface area contributed by atoms with Gasteiger partial charge in [0.2, 0.25) is 0 Å².